The van der Waals surface area contributed by atoms with Crippen LogP contribution in [0.15, 0.2) is 30.9 Å². The van der Waals surface area contributed by atoms with E-state index in [-0.39, 0.29) is 11.8 Å². The van der Waals surface area contributed by atoms with Gasteiger partial charge in [-0.05, 0) is 36.1 Å². The normalized spacial score (nSPS) is 18.9. The molecule has 4 nitrogen and oxygen atoms in total. The highest BCUT2D eigenvalue weighted by Gasteiger charge is 2.25. The predicted octanol–water partition coefficient (Wildman–Crippen LogP) is 1.36. The third-order valence-electron chi connectivity index (χ3n) is 2.90. The molecule has 1 aromatic rings. The molecule has 0 saturated carbocycles. The summed E-state index contributed by atoms with van der Waals surface area (Å²) in [4.78, 5) is 0. The molecule has 0 saturated heterocycles. The predicted molar refractivity (Wildman–Crippen MR) is 69.0 cm³/mol. The van der Waals surface area contributed by atoms with Gasteiger partial charge < -0.3 is 5.73 Å². The molecule has 1 unspecified atom stereocenters. The van der Waals surface area contributed by atoms with Crippen molar-refractivity contribution in [3.05, 3.63) is 42.0 Å². The Morgan fingerprint density at radius 2 is 2.29 bits per heavy atom. The molecule has 1 aromatic carbocycles. The molecule has 1 aliphatic carbocycles. The van der Waals surface area contributed by atoms with E-state index in [1.165, 1.54) is 6.08 Å². The maximum Gasteiger partial charge on any atom is 0.215 e. The van der Waals surface area contributed by atoms with Crippen LogP contribution in [0, 0.1) is 0 Å². The molecule has 17 heavy (non-hydrogen) atoms. The van der Waals surface area contributed by atoms with Crippen LogP contribution < -0.4 is 10.5 Å². The first-order valence-electron chi connectivity index (χ1n) is 5.51. The van der Waals surface area contributed by atoms with E-state index in [1.807, 2.05) is 12.1 Å². The fourth-order valence-electron chi connectivity index (χ4n) is 2.18. The highest BCUT2D eigenvalue weighted by atomic mass is 32.2. The number of fused-ring (bicyclic) bond motifs is 1. The summed E-state index contributed by atoms with van der Waals surface area (Å²) in [7, 11) is -3.27. The van der Waals surface area contributed by atoms with E-state index in [1.54, 1.807) is 6.07 Å². The smallest absolute Gasteiger partial charge is 0.215 e. The molecule has 0 aliphatic heterocycles. The summed E-state index contributed by atoms with van der Waals surface area (Å²) < 4.78 is 26.0. The summed E-state index contributed by atoms with van der Waals surface area (Å²) in [5.41, 5.74) is 8.59. The van der Waals surface area contributed by atoms with Gasteiger partial charge in [0.05, 0.1) is 5.75 Å². The van der Waals surface area contributed by atoms with Gasteiger partial charge in [-0.1, -0.05) is 12.1 Å². The SMILES string of the molecule is C=CCS(=O)(=O)NC1CCc2cc(N)ccc21. The van der Waals surface area contributed by atoms with Crippen molar-refractivity contribution in [2.75, 3.05) is 11.5 Å². The van der Waals surface area contributed by atoms with Crippen LogP contribution in [0.2, 0.25) is 0 Å². The van der Waals surface area contributed by atoms with Gasteiger partial charge in [-0.25, -0.2) is 13.1 Å². The number of hydrogen-bond acceptors (Lipinski definition) is 3. The van der Waals surface area contributed by atoms with Crippen molar-refractivity contribution in [1.82, 2.24) is 4.72 Å². The van der Waals surface area contributed by atoms with Crippen LogP contribution in [-0.4, -0.2) is 14.2 Å². The second kappa shape index (κ2) is 4.50. The monoisotopic (exact) mass is 252 g/mol. The van der Waals surface area contributed by atoms with E-state index < -0.39 is 10.0 Å². The van der Waals surface area contributed by atoms with Crippen LogP contribution in [-0.2, 0) is 16.4 Å². The number of aryl methyl sites for hydroxylation is 1. The summed E-state index contributed by atoms with van der Waals surface area (Å²) in [6.45, 7) is 3.44. The molecule has 1 atom stereocenters. The third-order valence-corrected chi connectivity index (χ3v) is 4.22. The van der Waals surface area contributed by atoms with Gasteiger partial charge in [0.2, 0.25) is 10.0 Å². The highest BCUT2D eigenvalue weighted by Crippen LogP contribution is 2.32. The average Bonchev–Trinajstić information content (AvgIpc) is 2.60. The molecule has 92 valence electrons. The van der Waals surface area contributed by atoms with Gasteiger partial charge in [0.1, 0.15) is 0 Å². The fraction of sp³-hybridized carbons (Fsp3) is 0.333. The second-order valence-corrected chi connectivity index (χ2v) is 6.04. The molecule has 5 heteroatoms. The number of sulfonamides is 1. The van der Waals surface area contributed by atoms with Crippen molar-refractivity contribution in [3.63, 3.8) is 0 Å². The number of nitrogens with one attached hydrogen (secondary N) is 1. The third kappa shape index (κ3) is 2.68. The zero-order valence-electron chi connectivity index (χ0n) is 9.52. The van der Waals surface area contributed by atoms with Crippen LogP contribution in [0.5, 0.6) is 0 Å². The Labute approximate surface area is 102 Å². The Balaban J connectivity index is 2.20. The van der Waals surface area contributed by atoms with Crippen LogP contribution >= 0.6 is 0 Å². The number of benzene rings is 1. The first-order chi connectivity index (χ1) is 8.02. The molecular weight excluding hydrogens is 236 g/mol. The number of rotatable bonds is 4. The summed E-state index contributed by atoms with van der Waals surface area (Å²) in [5, 5.41) is 0. The van der Waals surface area contributed by atoms with Crippen molar-refractivity contribution >= 4 is 15.7 Å². The lowest BCUT2D eigenvalue weighted by atomic mass is 10.1. The van der Waals surface area contributed by atoms with E-state index in [2.05, 4.69) is 11.3 Å². The van der Waals surface area contributed by atoms with Crippen molar-refractivity contribution in [1.29, 1.82) is 0 Å². The molecule has 0 bridgehead atoms. The van der Waals surface area contributed by atoms with Crippen LogP contribution in [0.4, 0.5) is 5.69 Å². The zero-order valence-corrected chi connectivity index (χ0v) is 10.3. The van der Waals surface area contributed by atoms with Gasteiger partial charge in [0.15, 0.2) is 0 Å². The Hall–Kier alpha value is -1.33. The molecule has 2 rings (SSSR count). The number of nitrogens with two attached hydrogens (primary N) is 1. The largest absolute Gasteiger partial charge is 0.399 e. The van der Waals surface area contributed by atoms with Crippen LogP contribution in [0.3, 0.4) is 0 Å². The maximum absolute atomic E-state index is 11.7. The van der Waals surface area contributed by atoms with E-state index in [9.17, 15) is 8.42 Å². The quantitative estimate of drug-likeness (QED) is 0.628. The van der Waals surface area contributed by atoms with Crippen molar-refractivity contribution in [3.8, 4) is 0 Å². The van der Waals surface area contributed by atoms with Gasteiger partial charge >= 0.3 is 0 Å². The lowest BCUT2D eigenvalue weighted by Crippen LogP contribution is -2.28. The average molecular weight is 252 g/mol. The molecular formula is C12H16N2O2S. The molecule has 0 amide bonds. The molecule has 0 heterocycles. The highest BCUT2D eigenvalue weighted by molar-refractivity contribution is 7.89. The standard InChI is InChI=1S/C12H16N2O2S/c1-2-7-17(15,16)14-12-6-3-9-8-10(13)4-5-11(9)12/h2,4-5,8,12,14H,1,3,6-7,13H2. The number of nitrogen functional groups attached to an aromatic ring is 1. The van der Waals surface area contributed by atoms with Gasteiger partial charge in [0.25, 0.3) is 0 Å². The first kappa shape index (κ1) is 12.1. The lowest BCUT2D eigenvalue weighted by Gasteiger charge is -2.13. The zero-order chi connectivity index (χ0) is 12.5. The van der Waals surface area contributed by atoms with Crippen molar-refractivity contribution in [2.45, 2.75) is 18.9 Å². The Kier molecular flexibility index (Phi) is 3.22. The lowest BCUT2D eigenvalue weighted by molar-refractivity contribution is 0.557. The van der Waals surface area contributed by atoms with Gasteiger partial charge in [0, 0.05) is 11.7 Å². The van der Waals surface area contributed by atoms with Crippen LogP contribution in [0.25, 0.3) is 0 Å². The topological polar surface area (TPSA) is 72.2 Å². The Bertz CT molecular complexity index is 537. The minimum atomic E-state index is -3.27. The van der Waals surface area contributed by atoms with Gasteiger partial charge in [-0.2, -0.15) is 0 Å². The summed E-state index contributed by atoms with van der Waals surface area (Å²) >= 11 is 0. The van der Waals surface area contributed by atoms with E-state index in [4.69, 9.17) is 5.73 Å². The molecule has 0 aromatic heterocycles. The summed E-state index contributed by atoms with van der Waals surface area (Å²) in [6, 6.07) is 5.49. The van der Waals surface area contributed by atoms with E-state index >= 15 is 0 Å². The Morgan fingerprint density at radius 1 is 1.53 bits per heavy atom. The first-order valence-corrected chi connectivity index (χ1v) is 7.16. The minimum Gasteiger partial charge on any atom is -0.399 e. The molecule has 0 radical (unpaired) electrons. The molecule has 0 fully saturated rings. The van der Waals surface area contributed by atoms with Crippen LogP contribution in [0.1, 0.15) is 23.6 Å². The summed E-state index contributed by atoms with van der Waals surface area (Å²) in [6.07, 6.45) is 3.04. The van der Waals surface area contributed by atoms with E-state index in [0.29, 0.717) is 0 Å². The second-order valence-electron chi connectivity index (χ2n) is 4.24. The molecule has 1 aliphatic rings. The minimum absolute atomic E-state index is 0.0478. The van der Waals surface area contributed by atoms with Gasteiger partial charge in [-0.3, -0.25) is 0 Å². The maximum atomic E-state index is 11.7. The Morgan fingerprint density at radius 3 is 3.00 bits per heavy atom. The van der Waals surface area contributed by atoms with Crippen molar-refractivity contribution < 1.29 is 8.42 Å². The number of anilines is 1. The van der Waals surface area contributed by atoms with Crippen molar-refractivity contribution in [2.24, 2.45) is 0 Å². The number of hydrogen-bond donors (Lipinski definition) is 2. The fourth-order valence-corrected chi connectivity index (χ4v) is 3.26. The van der Waals surface area contributed by atoms with E-state index in [0.717, 1.165) is 29.7 Å². The van der Waals surface area contributed by atoms with Gasteiger partial charge in [-0.15, -0.1) is 6.58 Å². The summed E-state index contributed by atoms with van der Waals surface area (Å²) in [5.74, 6) is -0.0478. The molecule has 0 spiro atoms. The molecule has 3 N–H and O–H groups in total.